The van der Waals surface area contributed by atoms with Gasteiger partial charge in [0.05, 0.1) is 11.7 Å². The normalized spacial score (nSPS) is 15.4. The largest absolute Gasteiger partial charge is 0.345 e. The Kier molecular flexibility index (Phi) is 8.23. The van der Waals surface area contributed by atoms with E-state index in [-0.39, 0.29) is 18.0 Å². The monoisotopic (exact) mass is 509 g/mol. The van der Waals surface area contributed by atoms with Crippen molar-refractivity contribution in [3.05, 3.63) is 95.6 Å². The molecule has 0 aromatic heterocycles. The molecule has 1 aliphatic heterocycles. The second-order valence-corrected chi connectivity index (χ2v) is 9.24. The van der Waals surface area contributed by atoms with Crippen molar-refractivity contribution in [1.29, 1.82) is 5.26 Å². The minimum absolute atomic E-state index is 0.137. The molecule has 0 saturated carbocycles. The molecule has 0 radical (unpaired) electrons. The van der Waals surface area contributed by atoms with Crippen molar-refractivity contribution in [2.24, 2.45) is 4.99 Å². The molecule has 194 valence electrons. The van der Waals surface area contributed by atoms with Crippen LogP contribution in [0.4, 0.5) is 16.2 Å². The summed E-state index contributed by atoms with van der Waals surface area (Å²) in [6, 6.07) is 23.9. The van der Waals surface area contributed by atoms with Gasteiger partial charge in [0, 0.05) is 45.0 Å². The topological polar surface area (TPSA) is 104 Å². The van der Waals surface area contributed by atoms with E-state index in [1.165, 1.54) is 4.90 Å². The van der Waals surface area contributed by atoms with E-state index in [9.17, 15) is 14.9 Å². The second-order valence-electron chi connectivity index (χ2n) is 9.24. The van der Waals surface area contributed by atoms with Gasteiger partial charge in [0.2, 0.25) is 5.96 Å². The maximum atomic E-state index is 13.5. The zero-order valence-electron chi connectivity index (χ0n) is 21.8. The Labute approximate surface area is 223 Å². The Morgan fingerprint density at radius 1 is 1.00 bits per heavy atom. The average molecular weight is 510 g/mol. The maximum Gasteiger partial charge on any atom is 0.322 e. The van der Waals surface area contributed by atoms with E-state index in [2.05, 4.69) is 10.6 Å². The average Bonchev–Trinajstić information content (AvgIpc) is 2.93. The second kappa shape index (κ2) is 11.9. The van der Waals surface area contributed by atoms with Crippen molar-refractivity contribution in [3.63, 3.8) is 0 Å². The molecule has 0 aliphatic carbocycles. The van der Waals surface area contributed by atoms with E-state index in [0.717, 1.165) is 16.8 Å². The number of hydrogen-bond acceptors (Lipinski definition) is 4. The third-order valence-corrected chi connectivity index (χ3v) is 6.40. The van der Waals surface area contributed by atoms with Crippen molar-refractivity contribution in [2.75, 3.05) is 39.0 Å². The van der Waals surface area contributed by atoms with E-state index < -0.39 is 0 Å². The fourth-order valence-electron chi connectivity index (χ4n) is 4.39. The Hall–Kier alpha value is -4.84. The number of rotatable bonds is 4. The molecule has 1 heterocycles. The van der Waals surface area contributed by atoms with E-state index in [1.807, 2.05) is 72.6 Å². The number of nitrogens with zero attached hydrogens (tertiary/aromatic N) is 5. The number of para-hydroxylation sites is 1. The summed E-state index contributed by atoms with van der Waals surface area (Å²) in [7, 11) is 3.38. The zero-order chi connectivity index (χ0) is 27.1. The number of carbonyl (C=O) groups excluding carboxylic acids is 2. The molecule has 3 aromatic rings. The van der Waals surface area contributed by atoms with Crippen LogP contribution < -0.4 is 10.6 Å². The van der Waals surface area contributed by atoms with Crippen LogP contribution in [0.5, 0.6) is 0 Å². The lowest BCUT2D eigenvalue weighted by atomic mass is 10.0. The number of anilines is 1. The highest BCUT2D eigenvalue weighted by Crippen LogP contribution is 2.27. The highest BCUT2D eigenvalue weighted by atomic mass is 16.2. The van der Waals surface area contributed by atoms with Gasteiger partial charge in [0.15, 0.2) is 6.19 Å². The van der Waals surface area contributed by atoms with E-state index >= 15 is 0 Å². The number of aliphatic imine (C=N–C) groups is 1. The standard InChI is InChI=1S/C29H31N7O2/c1-21-10-7-8-15-25(21)33-28(31-20-30)35-16-17-36(26(19-35)22-11-5-4-6-12-22)29(38)32-24-14-9-13-23(18-24)27(37)34(2)3/h4-15,18,26H,16-17,19H2,1-3H3,(H,31,33)(H,32,38). The first-order valence-corrected chi connectivity index (χ1v) is 12.4. The van der Waals surface area contributed by atoms with Gasteiger partial charge in [-0.1, -0.05) is 54.6 Å². The zero-order valence-corrected chi connectivity index (χ0v) is 21.8. The van der Waals surface area contributed by atoms with Crippen LogP contribution in [-0.2, 0) is 0 Å². The van der Waals surface area contributed by atoms with Gasteiger partial charge < -0.3 is 20.0 Å². The van der Waals surface area contributed by atoms with Crippen LogP contribution in [-0.4, -0.2) is 66.3 Å². The van der Waals surface area contributed by atoms with Crippen molar-refractivity contribution >= 4 is 29.3 Å². The molecule has 4 rings (SSSR count). The predicted molar refractivity (Wildman–Crippen MR) is 148 cm³/mol. The number of benzene rings is 3. The van der Waals surface area contributed by atoms with E-state index in [0.29, 0.717) is 36.8 Å². The van der Waals surface area contributed by atoms with Crippen LogP contribution in [0.2, 0.25) is 0 Å². The first-order valence-electron chi connectivity index (χ1n) is 12.4. The highest BCUT2D eigenvalue weighted by Gasteiger charge is 2.33. The Morgan fingerprint density at radius 2 is 1.74 bits per heavy atom. The van der Waals surface area contributed by atoms with Crippen molar-refractivity contribution in [1.82, 2.24) is 20.0 Å². The van der Waals surface area contributed by atoms with Gasteiger partial charge in [-0.3, -0.25) is 10.1 Å². The molecule has 1 unspecified atom stereocenters. The van der Waals surface area contributed by atoms with Gasteiger partial charge in [0.1, 0.15) is 0 Å². The molecular weight excluding hydrogens is 478 g/mol. The molecule has 9 nitrogen and oxygen atoms in total. The molecule has 38 heavy (non-hydrogen) atoms. The molecule has 2 N–H and O–H groups in total. The van der Waals surface area contributed by atoms with E-state index in [4.69, 9.17) is 4.99 Å². The smallest absolute Gasteiger partial charge is 0.322 e. The van der Waals surface area contributed by atoms with Gasteiger partial charge in [-0.25, -0.2) is 9.79 Å². The minimum atomic E-state index is -0.292. The van der Waals surface area contributed by atoms with Gasteiger partial charge in [-0.2, -0.15) is 5.26 Å². The van der Waals surface area contributed by atoms with Gasteiger partial charge in [0.25, 0.3) is 5.91 Å². The fourth-order valence-corrected chi connectivity index (χ4v) is 4.39. The number of urea groups is 1. The Balaban J connectivity index is 1.60. The van der Waals surface area contributed by atoms with Gasteiger partial charge in [-0.05, 0) is 42.3 Å². The fraction of sp³-hybridized carbons (Fsp3) is 0.241. The highest BCUT2D eigenvalue weighted by molar-refractivity contribution is 5.96. The van der Waals surface area contributed by atoms with Crippen LogP contribution in [0.25, 0.3) is 0 Å². The number of carbonyl (C=O) groups is 2. The predicted octanol–water partition coefficient (Wildman–Crippen LogP) is 4.35. The summed E-state index contributed by atoms with van der Waals surface area (Å²) >= 11 is 0. The summed E-state index contributed by atoms with van der Waals surface area (Å²) < 4.78 is 0. The lowest BCUT2D eigenvalue weighted by Crippen LogP contribution is -2.55. The molecular formula is C29H31N7O2. The summed E-state index contributed by atoms with van der Waals surface area (Å²) in [6.07, 6.45) is 2.00. The summed E-state index contributed by atoms with van der Waals surface area (Å²) in [5, 5.41) is 15.1. The van der Waals surface area contributed by atoms with Crippen LogP contribution in [0.3, 0.4) is 0 Å². The van der Waals surface area contributed by atoms with Crippen LogP contribution >= 0.6 is 0 Å². The number of aryl methyl sites for hydroxylation is 1. The lowest BCUT2D eigenvalue weighted by molar-refractivity contribution is 0.0827. The number of amides is 3. The molecule has 0 spiro atoms. The number of nitriles is 1. The number of nitrogens with one attached hydrogen (secondary N) is 2. The molecule has 1 atom stereocenters. The quantitative estimate of drug-likeness (QED) is 0.236. The van der Waals surface area contributed by atoms with Gasteiger partial charge >= 0.3 is 6.03 Å². The van der Waals surface area contributed by atoms with Crippen LogP contribution in [0.1, 0.15) is 27.5 Å². The van der Waals surface area contributed by atoms with Gasteiger partial charge in [-0.15, -0.1) is 0 Å². The SMILES string of the molecule is Cc1ccccc1N=C(NC#N)N1CCN(C(=O)Nc2cccc(C(=O)N(C)C)c2)C(c2ccccc2)C1. The third kappa shape index (κ3) is 6.10. The molecule has 3 aromatic carbocycles. The van der Waals surface area contributed by atoms with Crippen molar-refractivity contribution in [3.8, 4) is 6.19 Å². The van der Waals surface area contributed by atoms with Crippen molar-refractivity contribution in [2.45, 2.75) is 13.0 Å². The van der Waals surface area contributed by atoms with Crippen LogP contribution in [0, 0.1) is 18.4 Å². The molecule has 1 saturated heterocycles. The van der Waals surface area contributed by atoms with Crippen molar-refractivity contribution < 1.29 is 9.59 Å². The third-order valence-electron chi connectivity index (χ3n) is 6.40. The lowest BCUT2D eigenvalue weighted by Gasteiger charge is -2.42. The molecule has 3 amide bonds. The maximum absolute atomic E-state index is 13.5. The number of guanidine groups is 1. The Morgan fingerprint density at radius 3 is 2.45 bits per heavy atom. The Bertz CT molecular complexity index is 1360. The summed E-state index contributed by atoms with van der Waals surface area (Å²) in [5.41, 5.74) is 3.78. The molecule has 0 bridgehead atoms. The summed E-state index contributed by atoms with van der Waals surface area (Å²) in [5.74, 6) is 0.306. The number of piperazine rings is 1. The summed E-state index contributed by atoms with van der Waals surface area (Å²) in [4.78, 5) is 35.9. The first kappa shape index (κ1) is 26.2. The van der Waals surface area contributed by atoms with Crippen LogP contribution in [0.15, 0.2) is 83.9 Å². The molecule has 9 heteroatoms. The summed E-state index contributed by atoms with van der Waals surface area (Å²) in [6.45, 7) is 3.30. The minimum Gasteiger partial charge on any atom is -0.345 e. The first-order chi connectivity index (χ1) is 18.4. The number of hydrogen-bond donors (Lipinski definition) is 2. The van der Waals surface area contributed by atoms with E-state index in [1.54, 1.807) is 43.3 Å². The molecule has 1 aliphatic rings. The molecule has 1 fully saturated rings.